The van der Waals surface area contributed by atoms with Crippen molar-refractivity contribution in [2.75, 3.05) is 41.8 Å². The van der Waals surface area contributed by atoms with E-state index >= 15 is 0 Å². The molecule has 0 spiro atoms. The molecule has 4 rings (SSSR count). The van der Waals surface area contributed by atoms with Gasteiger partial charge in [0, 0.05) is 24.8 Å². The van der Waals surface area contributed by atoms with Crippen LogP contribution in [0.2, 0.25) is 0 Å². The van der Waals surface area contributed by atoms with Crippen LogP contribution in [0.3, 0.4) is 0 Å². The van der Waals surface area contributed by atoms with E-state index in [1.54, 1.807) is 6.33 Å². The molecule has 0 amide bonds. The lowest BCUT2D eigenvalue weighted by Crippen LogP contribution is -2.36. The third kappa shape index (κ3) is 3.92. The lowest BCUT2D eigenvalue weighted by Gasteiger charge is -2.30. The van der Waals surface area contributed by atoms with Crippen LogP contribution < -0.4 is 15.5 Å². The molecule has 1 aliphatic rings. The number of hydrogen-bond acceptors (Lipinski definition) is 6. The predicted octanol–water partition coefficient (Wildman–Crippen LogP) is 3.80. The van der Waals surface area contributed by atoms with Gasteiger partial charge in [0.1, 0.15) is 18.0 Å². The van der Waals surface area contributed by atoms with Crippen molar-refractivity contribution in [3.63, 3.8) is 0 Å². The average molecular weight is 347 g/mol. The summed E-state index contributed by atoms with van der Waals surface area (Å²) in [7, 11) is 0. The highest BCUT2D eigenvalue weighted by Crippen LogP contribution is 2.29. The summed E-state index contributed by atoms with van der Waals surface area (Å²) in [6, 6.07) is 20.1. The van der Waals surface area contributed by atoms with E-state index in [0.29, 0.717) is 0 Å². The molecule has 1 aromatic heterocycles. The van der Waals surface area contributed by atoms with Crippen molar-refractivity contribution in [1.29, 1.82) is 0 Å². The number of para-hydroxylation sites is 3. The number of morpholine rings is 1. The second-order valence-corrected chi connectivity index (χ2v) is 6.02. The number of aromatic nitrogens is 2. The highest BCUT2D eigenvalue weighted by Gasteiger charge is 2.14. The molecule has 26 heavy (non-hydrogen) atoms. The van der Waals surface area contributed by atoms with Crippen LogP contribution in [0.5, 0.6) is 0 Å². The van der Waals surface area contributed by atoms with Crippen molar-refractivity contribution in [1.82, 2.24) is 9.97 Å². The van der Waals surface area contributed by atoms with Crippen LogP contribution in [0.1, 0.15) is 0 Å². The summed E-state index contributed by atoms with van der Waals surface area (Å²) in [4.78, 5) is 11.0. The molecule has 1 saturated heterocycles. The van der Waals surface area contributed by atoms with E-state index in [-0.39, 0.29) is 0 Å². The van der Waals surface area contributed by atoms with E-state index in [1.807, 2.05) is 42.5 Å². The smallest absolute Gasteiger partial charge is 0.135 e. The third-order valence-corrected chi connectivity index (χ3v) is 4.23. The Bertz CT molecular complexity index is 850. The molecule has 6 heteroatoms. The van der Waals surface area contributed by atoms with Crippen LogP contribution in [0.25, 0.3) is 0 Å². The molecule has 1 fully saturated rings. The Morgan fingerprint density at radius 2 is 1.50 bits per heavy atom. The van der Waals surface area contributed by atoms with Crippen molar-refractivity contribution in [2.45, 2.75) is 0 Å². The molecule has 0 bridgehead atoms. The molecule has 0 radical (unpaired) electrons. The molecule has 0 atom stereocenters. The monoisotopic (exact) mass is 347 g/mol. The van der Waals surface area contributed by atoms with Gasteiger partial charge in [-0.05, 0) is 24.3 Å². The van der Waals surface area contributed by atoms with Gasteiger partial charge in [-0.2, -0.15) is 0 Å². The quantitative estimate of drug-likeness (QED) is 0.732. The first-order chi connectivity index (χ1) is 12.9. The molecule has 0 aliphatic carbocycles. The van der Waals surface area contributed by atoms with E-state index in [0.717, 1.165) is 55.0 Å². The van der Waals surface area contributed by atoms with Crippen molar-refractivity contribution in [3.05, 3.63) is 67.0 Å². The minimum Gasteiger partial charge on any atom is -0.378 e. The lowest BCUT2D eigenvalue weighted by atomic mass is 10.2. The Balaban J connectivity index is 1.53. The van der Waals surface area contributed by atoms with Crippen molar-refractivity contribution >= 4 is 28.7 Å². The summed E-state index contributed by atoms with van der Waals surface area (Å²) in [5.74, 6) is 1.50. The second-order valence-electron chi connectivity index (χ2n) is 6.02. The fourth-order valence-corrected chi connectivity index (χ4v) is 2.96. The van der Waals surface area contributed by atoms with Crippen LogP contribution in [0.15, 0.2) is 67.0 Å². The highest BCUT2D eigenvalue weighted by atomic mass is 16.5. The molecule has 6 nitrogen and oxygen atoms in total. The number of rotatable bonds is 5. The molecule has 0 saturated carbocycles. The number of hydrogen-bond donors (Lipinski definition) is 2. The van der Waals surface area contributed by atoms with Gasteiger partial charge in [0.2, 0.25) is 0 Å². The van der Waals surface area contributed by atoms with Crippen LogP contribution in [0.4, 0.5) is 28.7 Å². The maximum atomic E-state index is 5.46. The average Bonchev–Trinajstić information content (AvgIpc) is 2.70. The summed E-state index contributed by atoms with van der Waals surface area (Å²) in [5, 5.41) is 6.71. The van der Waals surface area contributed by atoms with Gasteiger partial charge >= 0.3 is 0 Å². The Morgan fingerprint density at radius 3 is 2.31 bits per heavy atom. The Hall–Kier alpha value is -3.12. The number of nitrogens with zero attached hydrogens (tertiary/aromatic N) is 3. The maximum absolute atomic E-state index is 5.46. The standard InChI is InChI=1S/C20H21N5O/c1-2-6-16(7-3-1)23-19-14-20(22-15-21-19)24-17-8-4-5-9-18(17)25-10-12-26-13-11-25/h1-9,14-15H,10-13H2,(H2,21,22,23,24). The topological polar surface area (TPSA) is 62.3 Å². The van der Waals surface area contributed by atoms with Crippen molar-refractivity contribution in [2.24, 2.45) is 0 Å². The molecule has 132 valence electrons. The fraction of sp³-hybridized carbons (Fsp3) is 0.200. The van der Waals surface area contributed by atoms with E-state index in [4.69, 9.17) is 4.74 Å². The van der Waals surface area contributed by atoms with Gasteiger partial charge < -0.3 is 20.3 Å². The largest absolute Gasteiger partial charge is 0.378 e. The predicted molar refractivity (Wildman–Crippen MR) is 105 cm³/mol. The summed E-state index contributed by atoms with van der Waals surface area (Å²) in [6.45, 7) is 3.30. The van der Waals surface area contributed by atoms with Crippen LogP contribution in [-0.4, -0.2) is 36.3 Å². The SMILES string of the molecule is c1ccc(Nc2cc(Nc3ccccc3N3CCOCC3)ncn2)cc1. The number of ether oxygens (including phenoxy) is 1. The van der Waals surface area contributed by atoms with Gasteiger partial charge in [-0.3, -0.25) is 0 Å². The minimum atomic E-state index is 0.748. The number of benzene rings is 2. The summed E-state index contributed by atoms with van der Waals surface area (Å²) in [5.41, 5.74) is 3.18. The van der Waals surface area contributed by atoms with Crippen molar-refractivity contribution < 1.29 is 4.74 Å². The van der Waals surface area contributed by atoms with E-state index in [1.165, 1.54) is 0 Å². The zero-order valence-corrected chi connectivity index (χ0v) is 14.4. The molecular formula is C20H21N5O. The Kier molecular flexibility index (Phi) is 4.93. The third-order valence-electron chi connectivity index (χ3n) is 4.23. The summed E-state index contributed by atoms with van der Waals surface area (Å²) < 4.78 is 5.46. The first-order valence-corrected chi connectivity index (χ1v) is 8.71. The number of nitrogens with one attached hydrogen (secondary N) is 2. The normalized spacial score (nSPS) is 14.1. The summed E-state index contributed by atoms with van der Waals surface area (Å²) >= 11 is 0. The van der Waals surface area contributed by atoms with E-state index in [9.17, 15) is 0 Å². The van der Waals surface area contributed by atoms with Gasteiger partial charge in [-0.25, -0.2) is 9.97 Å². The molecule has 0 unspecified atom stereocenters. The van der Waals surface area contributed by atoms with Gasteiger partial charge in [-0.1, -0.05) is 30.3 Å². The molecule has 1 aliphatic heterocycles. The van der Waals surface area contributed by atoms with Gasteiger partial charge in [0.15, 0.2) is 0 Å². The van der Waals surface area contributed by atoms with E-state index < -0.39 is 0 Å². The Morgan fingerprint density at radius 1 is 0.808 bits per heavy atom. The Labute approximate surface area is 152 Å². The molecule has 2 heterocycles. The fourth-order valence-electron chi connectivity index (χ4n) is 2.96. The van der Waals surface area contributed by atoms with Gasteiger partial charge in [-0.15, -0.1) is 0 Å². The van der Waals surface area contributed by atoms with Crippen molar-refractivity contribution in [3.8, 4) is 0 Å². The van der Waals surface area contributed by atoms with E-state index in [2.05, 4.69) is 43.7 Å². The van der Waals surface area contributed by atoms with Gasteiger partial charge in [0.25, 0.3) is 0 Å². The van der Waals surface area contributed by atoms with Crippen LogP contribution in [-0.2, 0) is 4.74 Å². The van der Waals surface area contributed by atoms with Crippen LogP contribution >= 0.6 is 0 Å². The summed E-state index contributed by atoms with van der Waals surface area (Å²) in [6.07, 6.45) is 1.56. The maximum Gasteiger partial charge on any atom is 0.135 e. The minimum absolute atomic E-state index is 0.748. The number of anilines is 5. The molecule has 2 aromatic carbocycles. The zero-order chi connectivity index (χ0) is 17.6. The van der Waals surface area contributed by atoms with Gasteiger partial charge in [0.05, 0.1) is 24.6 Å². The second kappa shape index (κ2) is 7.84. The highest BCUT2D eigenvalue weighted by molar-refractivity contribution is 5.75. The first-order valence-electron chi connectivity index (χ1n) is 8.71. The molecule has 2 N–H and O–H groups in total. The first kappa shape index (κ1) is 16.4. The van der Waals surface area contributed by atoms with Crippen LogP contribution in [0, 0.1) is 0 Å². The molecule has 3 aromatic rings. The zero-order valence-electron chi connectivity index (χ0n) is 14.4. The lowest BCUT2D eigenvalue weighted by molar-refractivity contribution is 0.123. The molecular weight excluding hydrogens is 326 g/mol.